The Morgan fingerprint density at radius 3 is 2.22 bits per heavy atom. The van der Waals surface area contributed by atoms with E-state index in [0.29, 0.717) is 5.82 Å². The van der Waals surface area contributed by atoms with Crippen LogP contribution in [0.1, 0.15) is 39.2 Å². The Morgan fingerprint density at radius 1 is 1.09 bits per heavy atom. The van der Waals surface area contributed by atoms with E-state index in [1.165, 1.54) is 0 Å². The van der Waals surface area contributed by atoms with Crippen LogP contribution in [0.4, 0.5) is 5.82 Å². The van der Waals surface area contributed by atoms with Crippen LogP contribution in [-0.2, 0) is 0 Å². The molecule has 23 heavy (non-hydrogen) atoms. The highest BCUT2D eigenvalue weighted by Gasteiger charge is 2.21. The lowest BCUT2D eigenvalue weighted by atomic mass is 9.88. The predicted molar refractivity (Wildman–Crippen MR) is 94.2 cm³/mol. The van der Waals surface area contributed by atoms with Gasteiger partial charge in [0.05, 0.1) is 5.69 Å². The van der Waals surface area contributed by atoms with Gasteiger partial charge in [0.1, 0.15) is 11.7 Å². The third-order valence-corrected chi connectivity index (χ3v) is 3.33. The van der Waals surface area contributed by atoms with E-state index in [1.54, 1.807) is 18.5 Å². The van der Waals surface area contributed by atoms with Gasteiger partial charge in [-0.3, -0.25) is 4.98 Å². The van der Waals surface area contributed by atoms with Crippen LogP contribution < -0.4 is 11.5 Å². The lowest BCUT2D eigenvalue weighted by Crippen LogP contribution is -2.26. The molecule has 1 atom stereocenters. The highest BCUT2D eigenvalue weighted by molar-refractivity contribution is 5.87. The average Bonchev–Trinajstić information content (AvgIpc) is 2.58. The molecular formula is C17H25N5O. The average molecular weight is 315 g/mol. The van der Waals surface area contributed by atoms with Gasteiger partial charge in [-0.1, -0.05) is 38.9 Å². The lowest BCUT2D eigenvalue weighted by Gasteiger charge is -2.19. The Hall–Kier alpha value is -2.63. The first-order valence-corrected chi connectivity index (χ1v) is 7.68. The molecule has 124 valence electrons. The van der Waals surface area contributed by atoms with Gasteiger partial charge in [0.2, 0.25) is 0 Å². The summed E-state index contributed by atoms with van der Waals surface area (Å²) in [6.45, 7) is 8.03. The van der Waals surface area contributed by atoms with Gasteiger partial charge in [-0.25, -0.2) is 4.98 Å². The molecule has 0 aliphatic carbocycles. The highest BCUT2D eigenvalue weighted by Crippen LogP contribution is 2.26. The van der Waals surface area contributed by atoms with E-state index >= 15 is 0 Å². The van der Waals surface area contributed by atoms with E-state index in [2.05, 4.69) is 15.1 Å². The van der Waals surface area contributed by atoms with E-state index in [4.69, 9.17) is 16.7 Å². The topological polar surface area (TPSA) is 110 Å². The van der Waals surface area contributed by atoms with Crippen LogP contribution in [0.5, 0.6) is 0 Å². The first-order chi connectivity index (χ1) is 11.0. The Balaban J connectivity index is 0.00000127. The molecule has 2 aromatic heterocycles. The number of hydrogen-bond donors (Lipinski definition) is 3. The summed E-state index contributed by atoms with van der Waals surface area (Å²) < 4.78 is 0. The maximum Gasteiger partial charge on any atom is 0.147 e. The zero-order valence-electron chi connectivity index (χ0n) is 14.1. The maximum atomic E-state index is 8.90. The largest absolute Gasteiger partial charge is 0.409 e. The molecule has 0 spiro atoms. The lowest BCUT2D eigenvalue weighted by molar-refractivity contribution is 0.314. The van der Waals surface area contributed by atoms with Gasteiger partial charge in [-0.15, -0.1) is 0 Å². The first-order valence-electron chi connectivity index (χ1n) is 7.68. The van der Waals surface area contributed by atoms with Crippen LogP contribution in [0.15, 0.2) is 41.8 Å². The molecular weight excluding hydrogens is 290 g/mol. The van der Waals surface area contributed by atoms with Crippen LogP contribution in [0.2, 0.25) is 0 Å². The Kier molecular flexibility index (Phi) is 6.99. The van der Waals surface area contributed by atoms with Crippen molar-refractivity contribution in [2.24, 2.45) is 16.8 Å². The van der Waals surface area contributed by atoms with Gasteiger partial charge >= 0.3 is 0 Å². The zero-order chi connectivity index (χ0) is 17.4. The molecule has 0 aliphatic rings. The van der Waals surface area contributed by atoms with E-state index in [0.717, 1.165) is 16.8 Å². The van der Waals surface area contributed by atoms with Crippen molar-refractivity contribution >= 4 is 11.7 Å². The molecule has 1 unspecified atom stereocenters. The summed E-state index contributed by atoms with van der Waals surface area (Å²) in [6.07, 6.45) is 3.43. The van der Waals surface area contributed by atoms with Crippen molar-refractivity contribution in [1.82, 2.24) is 9.97 Å². The highest BCUT2D eigenvalue weighted by atomic mass is 16.4. The SMILES string of the molecule is CC.CC(C)C(/C(N)=N/O)c1ccc(-c2ccc(N)nc2)nc1. The monoisotopic (exact) mass is 315 g/mol. The van der Waals surface area contributed by atoms with Crippen LogP contribution in [-0.4, -0.2) is 21.0 Å². The van der Waals surface area contributed by atoms with Gasteiger partial charge < -0.3 is 16.7 Å². The number of amidine groups is 1. The quantitative estimate of drug-likeness (QED) is 0.347. The molecule has 6 nitrogen and oxygen atoms in total. The smallest absolute Gasteiger partial charge is 0.147 e. The number of pyridine rings is 2. The third kappa shape index (κ3) is 4.67. The summed E-state index contributed by atoms with van der Waals surface area (Å²) in [7, 11) is 0. The molecule has 0 amide bonds. The van der Waals surface area contributed by atoms with Crippen molar-refractivity contribution in [3.8, 4) is 11.3 Å². The Morgan fingerprint density at radius 2 is 1.78 bits per heavy atom. The number of nitrogens with zero attached hydrogens (tertiary/aromatic N) is 3. The summed E-state index contributed by atoms with van der Waals surface area (Å²) >= 11 is 0. The fourth-order valence-corrected chi connectivity index (χ4v) is 2.28. The summed E-state index contributed by atoms with van der Waals surface area (Å²) in [6, 6.07) is 7.43. The number of oxime groups is 1. The molecule has 0 bridgehead atoms. The Labute approximate surface area is 137 Å². The predicted octanol–water partition coefficient (Wildman–Crippen LogP) is 3.24. The van der Waals surface area contributed by atoms with Crippen LogP contribution >= 0.6 is 0 Å². The van der Waals surface area contributed by atoms with Gasteiger partial charge in [0.15, 0.2) is 0 Å². The van der Waals surface area contributed by atoms with E-state index in [-0.39, 0.29) is 17.7 Å². The van der Waals surface area contributed by atoms with E-state index in [9.17, 15) is 0 Å². The van der Waals surface area contributed by atoms with Crippen molar-refractivity contribution in [3.05, 3.63) is 42.2 Å². The summed E-state index contributed by atoms with van der Waals surface area (Å²) in [5.41, 5.74) is 13.9. The van der Waals surface area contributed by atoms with Crippen LogP contribution in [0.25, 0.3) is 11.3 Å². The second kappa shape index (κ2) is 8.73. The standard InChI is InChI=1S/C15H19N5O.C2H6/c1-9(2)14(15(17)20-21)11-3-5-12(18-8-11)10-4-6-13(16)19-7-10;1-2/h3-9,14,21H,1-2H3,(H2,16,19)(H2,17,20);1-2H3. The molecule has 0 saturated carbocycles. The van der Waals surface area contributed by atoms with Crippen molar-refractivity contribution in [1.29, 1.82) is 0 Å². The number of anilines is 1. The molecule has 2 rings (SSSR count). The number of aromatic nitrogens is 2. The minimum Gasteiger partial charge on any atom is -0.409 e. The molecule has 2 aromatic rings. The van der Waals surface area contributed by atoms with Gasteiger partial charge in [-0.05, 0) is 29.7 Å². The van der Waals surface area contributed by atoms with Crippen molar-refractivity contribution < 1.29 is 5.21 Å². The molecule has 0 aromatic carbocycles. The van der Waals surface area contributed by atoms with Gasteiger partial charge in [0.25, 0.3) is 0 Å². The molecule has 0 saturated heterocycles. The maximum absolute atomic E-state index is 8.90. The second-order valence-corrected chi connectivity index (χ2v) is 5.20. The van der Waals surface area contributed by atoms with Gasteiger partial charge in [-0.2, -0.15) is 0 Å². The second-order valence-electron chi connectivity index (χ2n) is 5.20. The molecule has 0 aliphatic heterocycles. The van der Waals surface area contributed by atoms with Crippen molar-refractivity contribution in [2.75, 3.05) is 5.73 Å². The molecule has 0 radical (unpaired) electrons. The number of rotatable bonds is 4. The number of nitrogen functional groups attached to an aromatic ring is 1. The van der Waals surface area contributed by atoms with Crippen LogP contribution in [0, 0.1) is 5.92 Å². The van der Waals surface area contributed by atoms with Crippen LogP contribution in [0.3, 0.4) is 0 Å². The molecule has 6 heteroatoms. The molecule has 2 heterocycles. The minimum atomic E-state index is -0.166. The fraction of sp³-hybridized carbons (Fsp3) is 0.353. The van der Waals surface area contributed by atoms with Crippen molar-refractivity contribution in [3.63, 3.8) is 0 Å². The van der Waals surface area contributed by atoms with E-state index < -0.39 is 0 Å². The minimum absolute atomic E-state index is 0.166. The summed E-state index contributed by atoms with van der Waals surface area (Å²) in [4.78, 5) is 8.47. The normalized spacial score (nSPS) is 12.5. The zero-order valence-corrected chi connectivity index (χ0v) is 14.1. The van der Waals surface area contributed by atoms with E-state index in [1.807, 2.05) is 45.9 Å². The van der Waals surface area contributed by atoms with Gasteiger partial charge in [0, 0.05) is 23.9 Å². The molecule has 0 fully saturated rings. The number of nitrogens with two attached hydrogens (primary N) is 2. The fourth-order valence-electron chi connectivity index (χ4n) is 2.28. The number of hydrogen-bond acceptors (Lipinski definition) is 5. The summed E-state index contributed by atoms with van der Waals surface area (Å²) in [5.74, 6) is 0.698. The first kappa shape index (κ1) is 18.4. The summed E-state index contributed by atoms with van der Waals surface area (Å²) in [5, 5.41) is 12.0. The Bertz CT molecular complexity index is 620. The van der Waals surface area contributed by atoms with Crippen molar-refractivity contribution in [2.45, 2.75) is 33.6 Å². The third-order valence-electron chi connectivity index (χ3n) is 3.33. The molecule has 5 N–H and O–H groups in total.